The third kappa shape index (κ3) is 1.03. The number of carbonyl (C=O) groups is 2. The number of hydrogen-bond acceptors (Lipinski definition) is 3. The fourth-order valence-corrected chi connectivity index (χ4v) is 2.71. The number of fused-ring (bicyclic) bond motifs is 3. The summed E-state index contributed by atoms with van der Waals surface area (Å²) >= 11 is 0. The van der Waals surface area contributed by atoms with Crippen LogP contribution < -0.4 is 5.73 Å². The normalized spacial score (nSPS) is 41.4. The molecular formula is C10H15NO3. The molecule has 0 radical (unpaired) electrons. The average molecular weight is 197 g/mol. The van der Waals surface area contributed by atoms with Crippen molar-refractivity contribution in [2.24, 2.45) is 11.1 Å². The first-order chi connectivity index (χ1) is 6.55. The molecule has 0 unspecified atom stereocenters. The smallest absolute Gasteiger partial charge is 0.231 e. The Bertz CT molecular complexity index is 290. The Morgan fingerprint density at radius 2 is 1.93 bits per heavy atom. The summed E-state index contributed by atoms with van der Waals surface area (Å²) in [5, 5.41) is 0. The SMILES string of the molecule is COC12CCC(C(N)=O)(CC1)C(=O)C2. The minimum absolute atomic E-state index is 0.0237. The third-order valence-corrected chi connectivity index (χ3v) is 3.94. The molecule has 4 nitrogen and oxygen atoms in total. The zero-order chi connectivity index (χ0) is 10.4. The Morgan fingerprint density at radius 1 is 1.36 bits per heavy atom. The number of amides is 1. The summed E-state index contributed by atoms with van der Waals surface area (Å²) in [6, 6.07) is 0. The van der Waals surface area contributed by atoms with Gasteiger partial charge in [-0.25, -0.2) is 0 Å². The van der Waals surface area contributed by atoms with Crippen molar-refractivity contribution >= 4 is 11.7 Å². The van der Waals surface area contributed by atoms with Crippen molar-refractivity contribution in [3.63, 3.8) is 0 Å². The molecule has 0 aromatic carbocycles. The number of Topliss-reactive ketones (excluding diaryl/α,β-unsaturated/α-hetero) is 1. The quantitative estimate of drug-likeness (QED) is 0.651. The van der Waals surface area contributed by atoms with Gasteiger partial charge in [-0.05, 0) is 25.7 Å². The van der Waals surface area contributed by atoms with Crippen molar-refractivity contribution in [2.45, 2.75) is 37.7 Å². The number of primary amides is 1. The first kappa shape index (κ1) is 9.65. The van der Waals surface area contributed by atoms with E-state index in [2.05, 4.69) is 0 Å². The molecule has 0 saturated heterocycles. The summed E-state index contributed by atoms with van der Waals surface area (Å²) in [5.74, 6) is -0.476. The van der Waals surface area contributed by atoms with Gasteiger partial charge >= 0.3 is 0 Å². The molecule has 3 fully saturated rings. The van der Waals surface area contributed by atoms with E-state index in [0.29, 0.717) is 19.3 Å². The second-order valence-electron chi connectivity index (χ2n) is 4.43. The molecule has 14 heavy (non-hydrogen) atoms. The summed E-state index contributed by atoms with van der Waals surface area (Å²) < 4.78 is 5.39. The van der Waals surface area contributed by atoms with Crippen LogP contribution >= 0.6 is 0 Å². The summed E-state index contributed by atoms with van der Waals surface area (Å²) in [5.41, 5.74) is 4.15. The molecule has 2 bridgehead atoms. The molecule has 0 aromatic heterocycles. The first-order valence-corrected chi connectivity index (χ1v) is 4.93. The molecule has 0 atom stereocenters. The van der Waals surface area contributed by atoms with Crippen LogP contribution in [0, 0.1) is 5.41 Å². The number of nitrogens with two attached hydrogens (primary N) is 1. The van der Waals surface area contributed by atoms with Crippen LogP contribution in [-0.2, 0) is 14.3 Å². The van der Waals surface area contributed by atoms with Crippen LogP contribution in [0.25, 0.3) is 0 Å². The van der Waals surface area contributed by atoms with E-state index in [0.717, 1.165) is 12.8 Å². The highest BCUT2D eigenvalue weighted by atomic mass is 16.5. The van der Waals surface area contributed by atoms with Gasteiger partial charge < -0.3 is 10.5 Å². The highest BCUT2D eigenvalue weighted by Gasteiger charge is 2.57. The molecule has 2 N–H and O–H groups in total. The zero-order valence-corrected chi connectivity index (χ0v) is 8.34. The van der Waals surface area contributed by atoms with Crippen LogP contribution in [-0.4, -0.2) is 24.4 Å². The van der Waals surface area contributed by atoms with Crippen molar-refractivity contribution in [1.82, 2.24) is 0 Å². The topological polar surface area (TPSA) is 69.4 Å². The van der Waals surface area contributed by atoms with Crippen molar-refractivity contribution in [1.29, 1.82) is 0 Å². The number of rotatable bonds is 2. The lowest BCUT2D eigenvalue weighted by atomic mass is 9.57. The van der Waals surface area contributed by atoms with Gasteiger partial charge in [-0.3, -0.25) is 9.59 Å². The van der Waals surface area contributed by atoms with Crippen LogP contribution in [0.4, 0.5) is 0 Å². The van der Waals surface area contributed by atoms with E-state index in [9.17, 15) is 9.59 Å². The molecular weight excluding hydrogens is 182 g/mol. The molecule has 1 amide bonds. The number of methoxy groups -OCH3 is 1. The summed E-state index contributed by atoms with van der Waals surface area (Å²) in [6.45, 7) is 0. The lowest BCUT2D eigenvalue weighted by molar-refractivity contribution is -0.165. The van der Waals surface area contributed by atoms with Gasteiger partial charge in [0.15, 0.2) is 5.78 Å². The van der Waals surface area contributed by atoms with Crippen molar-refractivity contribution in [2.75, 3.05) is 7.11 Å². The monoisotopic (exact) mass is 197 g/mol. The van der Waals surface area contributed by atoms with E-state index < -0.39 is 11.3 Å². The number of carbonyl (C=O) groups excluding carboxylic acids is 2. The molecule has 3 rings (SSSR count). The van der Waals surface area contributed by atoms with E-state index in [4.69, 9.17) is 10.5 Å². The molecule has 78 valence electrons. The summed E-state index contributed by atoms with van der Waals surface area (Å²) in [6.07, 6.45) is 3.03. The van der Waals surface area contributed by atoms with Gasteiger partial charge in [0.2, 0.25) is 5.91 Å². The maximum atomic E-state index is 11.8. The van der Waals surface area contributed by atoms with Gasteiger partial charge in [-0.15, -0.1) is 0 Å². The zero-order valence-electron chi connectivity index (χ0n) is 8.34. The highest BCUT2D eigenvalue weighted by molar-refractivity contribution is 6.07. The van der Waals surface area contributed by atoms with E-state index >= 15 is 0 Å². The van der Waals surface area contributed by atoms with Gasteiger partial charge in [0.05, 0.1) is 5.60 Å². The average Bonchev–Trinajstić information content (AvgIpc) is 2.19. The first-order valence-electron chi connectivity index (χ1n) is 4.93. The third-order valence-electron chi connectivity index (χ3n) is 3.94. The Kier molecular flexibility index (Phi) is 1.93. The second-order valence-corrected chi connectivity index (χ2v) is 4.43. The molecule has 3 aliphatic carbocycles. The number of ketones is 1. The predicted molar refractivity (Wildman–Crippen MR) is 49.5 cm³/mol. The van der Waals surface area contributed by atoms with Crippen LogP contribution in [0.15, 0.2) is 0 Å². The number of ether oxygens (including phenoxy) is 1. The van der Waals surface area contributed by atoms with E-state index in [1.165, 1.54) is 0 Å². The Morgan fingerprint density at radius 3 is 2.29 bits per heavy atom. The fraction of sp³-hybridized carbons (Fsp3) is 0.800. The maximum Gasteiger partial charge on any atom is 0.231 e. The van der Waals surface area contributed by atoms with E-state index in [1.807, 2.05) is 0 Å². The lowest BCUT2D eigenvalue weighted by Crippen LogP contribution is -2.58. The van der Waals surface area contributed by atoms with Crippen molar-refractivity contribution in [3.8, 4) is 0 Å². The van der Waals surface area contributed by atoms with Crippen LogP contribution in [0.5, 0.6) is 0 Å². The summed E-state index contributed by atoms with van der Waals surface area (Å²) in [4.78, 5) is 23.1. The summed E-state index contributed by atoms with van der Waals surface area (Å²) in [7, 11) is 1.63. The van der Waals surface area contributed by atoms with Crippen molar-refractivity contribution < 1.29 is 14.3 Å². The van der Waals surface area contributed by atoms with Gasteiger partial charge in [-0.2, -0.15) is 0 Å². The van der Waals surface area contributed by atoms with Crippen LogP contribution in [0.2, 0.25) is 0 Å². The molecule has 0 aliphatic heterocycles. The molecule has 4 heteroatoms. The Labute approximate surface area is 82.8 Å². The standard InChI is InChI=1S/C10H15NO3/c1-14-9-2-4-10(5-3-9,8(11)13)7(12)6-9/h2-6H2,1H3,(H2,11,13). The molecule has 0 aromatic rings. The van der Waals surface area contributed by atoms with Crippen molar-refractivity contribution in [3.05, 3.63) is 0 Å². The fourth-order valence-electron chi connectivity index (χ4n) is 2.71. The highest BCUT2D eigenvalue weighted by Crippen LogP contribution is 2.51. The van der Waals surface area contributed by atoms with Crippen LogP contribution in [0.3, 0.4) is 0 Å². The lowest BCUT2D eigenvalue weighted by Gasteiger charge is -2.49. The molecule has 0 spiro atoms. The van der Waals surface area contributed by atoms with Crippen LogP contribution in [0.1, 0.15) is 32.1 Å². The van der Waals surface area contributed by atoms with Gasteiger partial charge in [0.1, 0.15) is 5.41 Å². The molecule has 0 heterocycles. The molecule has 3 aliphatic rings. The predicted octanol–water partition coefficient (Wildman–Crippen LogP) is 0.390. The van der Waals surface area contributed by atoms with E-state index in [-0.39, 0.29) is 11.4 Å². The van der Waals surface area contributed by atoms with Gasteiger partial charge in [-0.1, -0.05) is 0 Å². The molecule has 3 saturated carbocycles. The minimum Gasteiger partial charge on any atom is -0.378 e. The van der Waals surface area contributed by atoms with E-state index in [1.54, 1.807) is 7.11 Å². The number of hydrogen-bond donors (Lipinski definition) is 1. The minimum atomic E-state index is -0.861. The van der Waals surface area contributed by atoms with Gasteiger partial charge in [0, 0.05) is 13.5 Å². The largest absolute Gasteiger partial charge is 0.378 e. The Hall–Kier alpha value is -0.900. The Balaban J connectivity index is 2.30. The van der Waals surface area contributed by atoms with Gasteiger partial charge in [0.25, 0.3) is 0 Å². The maximum absolute atomic E-state index is 11.8. The second kappa shape index (κ2) is 2.79.